The van der Waals surface area contributed by atoms with Crippen LogP contribution >= 0.6 is 0 Å². The molecule has 0 amide bonds. The molecule has 0 aromatic heterocycles. The Kier molecular flexibility index (Phi) is 4.99. The van der Waals surface area contributed by atoms with Gasteiger partial charge in [0.15, 0.2) is 5.70 Å². The molecular weight excluding hydrogens is 384 g/mol. The minimum atomic E-state index is -2.91. The Hall–Kier alpha value is -3.68. The van der Waals surface area contributed by atoms with Crippen molar-refractivity contribution >= 4 is 17.9 Å². The molecule has 0 saturated carbocycles. The lowest BCUT2D eigenvalue weighted by atomic mass is 10.1. The Morgan fingerprint density at radius 1 is 1.14 bits per heavy atom. The zero-order valence-electron chi connectivity index (χ0n) is 15.2. The number of esters is 1. The van der Waals surface area contributed by atoms with Gasteiger partial charge in [0.05, 0.1) is 7.11 Å². The van der Waals surface area contributed by atoms with Crippen molar-refractivity contribution in [2.75, 3.05) is 13.7 Å². The van der Waals surface area contributed by atoms with Gasteiger partial charge in [0, 0.05) is 17.2 Å². The Morgan fingerprint density at radius 2 is 1.90 bits per heavy atom. The summed E-state index contributed by atoms with van der Waals surface area (Å²) in [5, 5.41) is 0. The van der Waals surface area contributed by atoms with E-state index in [1.54, 1.807) is 19.3 Å². The topological polar surface area (TPSA) is 66.3 Å². The number of benzene rings is 2. The Morgan fingerprint density at radius 3 is 2.62 bits per heavy atom. The van der Waals surface area contributed by atoms with Crippen LogP contribution in [0.4, 0.5) is 8.78 Å². The number of fused-ring (bicyclic) bond motifs is 1. The number of aliphatic imine (C=N–C) groups is 1. The molecule has 4 rings (SSSR count). The first-order valence-corrected chi connectivity index (χ1v) is 8.61. The number of nitrogens with zero attached hydrogens (tertiary/aromatic N) is 1. The number of carbonyl (C=O) groups excluding carboxylic acids is 1. The maximum Gasteiger partial charge on any atom is 0.387 e. The van der Waals surface area contributed by atoms with Gasteiger partial charge in [-0.05, 0) is 54.1 Å². The van der Waals surface area contributed by atoms with Crippen LogP contribution in [0.1, 0.15) is 11.1 Å². The summed E-state index contributed by atoms with van der Waals surface area (Å²) in [6.45, 7) is -2.64. The van der Waals surface area contributed by atoms with E-state index in [4.69, 9.17) is 14.2 Å². The van der Waals surface area contributed by atoms with E-state index >= 15 is 0 Å². The van der Waals surface area contributed by atoms with Gasteiger partial charge in [-0.25, -0.2) is 9.79 Å². The summed E-state index contributed by atoms with van der Waals surface area (Å²) in [4.78, 5) is 16.4. The number of alkyl halides is 2. The summed E-state index contributed by atoms with van der Waals surface area (Å²) < 4.78 is 44.8. The number of hydrogen-bond donors (Lipinski definition) is 0. The van der Waals surface area contributed by atoms with Crippen molar-refractivity contribution in [3.63, 3.8) is 0 Å². The van der Waals surface area contributed by atoms with Crippen LogP contribution in [-0.4, -0.2) is 32.2 Å². The van der Waals surface area contributed by atoms with Gasteiger partial charge < -0.3 is 18.9 Å². The lowest BCUT2D eigenvalue weighted by molar-refractivity contribution is -0.130. The fourth-order valence-corrected chi connectivity index (χ4v) is 2.86. The lowest BCUT2D eigenvalue weighted by Gasteiger charge is -2.16. The summed E-state index contributed by atoms with van der Waals surface area (Å²) in [5.74, 6) is 0.874. The molecule has 0 spiro atoms. The monoisotopic (exact) mass is 399 g/mol. The average molecular weight is 399 g/mol. The molecule has 6 nitrogen and oxygen atoms in total. The molecule has 0 saturated heterocycles. The first kappa shape index (κ1) is 18.7. The molecule has 0 aliphatic carbocycles. The highest BCUT2D eigenvalue weighted by molar-refractivity contribution is 6.11. The summed E-state index contributed by atoms with van der Waals surface area (Å²) >= 11 is 0. The van der Waals surface area contributed by atoms with E-state index in [1.165, 1.54) is 24.3 Å². The van der Waals surface area contributed by atoms with Gasteiger partial charge in [-0.3, -0.25) is 0 Å². The standard InChI is InChI=1S/C21H15F2NO5/c1-26-16-7-4-14-8-12(11-27-18(14)10-16)9-17-20(25)29-19(24-17)13-2-5-15(6-3-13)28-21(22)23/h2-10,21H,11H2,1H3/b17-9+. The fraction of sp³-hybridized carbons (Fsp3) is 0.143. The highest BCUT2D eigenvalue weighted by atomic mass is 19.3. The van der Waals surface area contributed by atoms with E-state index in [0.717, 1.165) is 11.1 Å². The largest absolute Gasteiger partial charge is 0.497 e. The first-order valence-electron chi connectivity index (χ1n) is 8.61. The predicted molar refractivity (Wildman–Crippen MR) is 100 cm³/mol. The quantitative estimate of drug-likeness (QED) is 0.563. The van der Waals surface area contributed by atoms with Gasteiger partial charge in [0.1, 0.15) is 23.9 Å². The van der Waals surface area contributed by atoms with Crippen LogP contribution in [0.5, 0.6) is 17.2 Å². The Bertz CT molecular complexity index is 1040. The fourth-order valence-electron chi connectivity index (χ4n) is 2.86. The van der Waals surface area contributed by atoms with E-state index in [2.05, 4.69) is 9.73 Å². The number of hydrogen-bond acceptors (Lipinski definition) is 6. The van der Waals surface area contributed by atoms with Crippen molar-refractivity contribution < 1.29 is 32.5 Å². The molecule has 148 valence electrons. The smallest absolute Gasteiger partial charge is 0.387 e. The molecule has 2 aliphatic rings. The van der Waals surface area contributed by atoms with Crippen LogP contribution in [0.2, 0.25) is 0 Å². The minimum absolute atomic E-state index is 0.00393. The molecule has 2 heterocycles. The van der Waals surface area contributed by atoms with Gasteiger partial charge >= 0.3 is 12.6 Å². The number of carbonyl (C=O) groups is 1. The third-order valence-corrected chi connectivity index (χ3v) is 4.23. The molecule has 29 heavy (non-hydrogen) atoms. The van der Waals surface area contributed by atoms with Gasteiger partial charge in [-0.1, -0.05) is 0 Å². The molecule has 0 fully saturated rings. The van der Waals surface area contributed by atoms with Crippen LogP contribution in [-0.2, 0) is 9.53 Å². The molecule has 0 N–H and O–H groups in total. The molecular formula is C21H15F2NO5. The highest BCUT2D eigenvalue weighted by Crippen LogP contribution is 2.31. The third-order valence-electron chi connectivity index (χ3n) is 4.23. The molecule has 0 bridgehead atoms. The van der Waals surface area contributed by atoms with Crippen LogP contribution in [0.15, 0.2) is 64.8 Å². The number of halogens is 2. The maximum absolute atomic E-state index is 12.2. The van der Waals surface area contributed by atoms with Crippen LogP contribution in [0, 0.1) is 0 Å². The summed E-state index contributed by atoms with van der Waals surface area (Å²) in [7, 11) is 1.58. The molecule has 0 radical (unpaired) electrons. The second-order valence-electron chi connectivity index (χ2n) is 6.15. The van der Waals surface area contributed by atoms with E-state index in [0.29, 0.717) is 17.1 Å². The molecule has 0 unspecified atom stereocenters. The van der Waals surface area contributed by atoms with Crippen LogP contribution in [0.25, 0.3) is 6.08 Å². The first-order chi connectivity index (χ1) is 14.0. The number of ether oxygens (including phenoxy) is 4. The normalized spacial score (nSPS) is 16.7. The van der Waals surface area contributed by atoms with Crippen molar-refractivity contribution in [1.29, 1.82) is 0 Å². The lowest BCUT2D eigenvalue weighted by Crippen LogP contribution is -2.08. The zero-order valence-corrected chi connectivity index (χ0v) is 15.2. The van der Waals surface area contributed by atoms with Gasteiger partial charge in [0.25, 0.3) is 0 Å². The third kappa shape index (κ3) is 4.11. The summed E-state index contributed by atoms with van der Waals surface area (Å²) in [6, 6.07) is 11.1. The number of methoxy groups -OCH3 is 1. The second-order valence-corrected chi connectivity index (χ2v) is 6.15. The van der Waals surface area contributed by atoms with Gasteiger partial charge in [-0.15, -0.1) is 0 Å². The SMILES string of the molecule is COc1ccc2c(c1)OCC(/C=C1/N=C(c3ccc(OC(F)F)cc3)OC1=O)=C2. The van der Waals surface area contributed by atoms with Crippen molar-refractivity contribution in [3.05, 3.63) is 70.9 Å². The number of cyclic esters (lactones) is 1. The van der Waals surface area contributed by atoms with Crippen molar-refractivity contribution in [3.8, 4) is 17.2 Å². The van der Waals surface area contributed by atoms with Gasteiger partial charge in [-0.2, -0.15) is 8.78 Å². The Balaban J connectivity index is 1.55. The van der Waals surface area contributed by atoms with E-state index in [-0.39, 0.29) is 24.0 Å². The summed E-state index contributed by atoms with van der Waals surface area (Å²) in [5.41, 5.74) is 2.20. The maximum atomic E-state index is 12.2. The van der Waals surface area contributed by atoms with E-state index in [9.17, 15) is 13.6 Å². The Labute approximate surface area is 164 Å². The highest BCUT2D eigenvalue weighted by Gasteiger charge is 2.25. The molecule has 2 aromatic rings. The van der Waals surface area contributed by atoms with Crippen molar-refractivity contribution in [1.82, 2.24) is 0 Å². The van der Waals surface area contributed by atoms with Gasteiger partial charge in [0.2, 0.25) is 5.90 Å². The van der Waals surface area contributed by atoms with E-state index < -0.39 is 12.6 Å². The summed E-state index contributed by atoms with van der Waals surface area (Å²) in [6.07, 6.45) is 3.49. The number of rotatable bonds is 5. The molecule has 2 aromatic carbocycles. The average Bonchev–Trinajstić information content (AvgIpc) is 3.08. The molecule has 0 atom stereocenters. The van der Waals surface area contributed by atoms with Crippen LogP contribution < -0.4 is 14.2 Å². The molecule has 2 aliphatic heterocycles. The van der Waals surface area contributed by atoms with Crippen molar-refractivity contribution in [2.24, 2.45) is 4.99 Å². The van der Waals surface area contributed by atoms with Crippen LogP contribution in [0.3, 0.4) is 0 Å². The minimum Gasteiger partial charge on any atom is -0.497 e. The van der Waals surface area contributed by atoms with E-state index in [1.807, 2.05) is 18.2 Å². The predicted octanol–water partition coefficient (Wildman–Crippen LogP) is 3.96. The molecule has 8 heteroatoms. The van der Waals surface area contributed by atoms with Crippen molar-refractivity contribution in [2.45, 2.75) is 6.61 Å². The second kappa shape index (κ2) is 7.75. The zero-order chi connectivity index (χ0) is 20.4.